The summed E-state index contributed by atoms with van der Waals surface area (Å²) in [4.78, 5) is 38.2. The lowest BCUT2D eigenvalue weighted by molar-refractivity contribution is -0.137. The Kier molecular flexibility index (Phi) is 5.52. The minimum absolute atomic E-state index is 0.0332. The van der Waals surface area contributed by atoms with Crippen LogP contribution in [0.5, 0.6) is 0 Å². The Balaban J connectivity index is 2.11. The van der Waals surface area contributed by atoms with Gasteiger partial charge in [-0.15, -0.1) is 0 Å². The van der Waals surface area contributed by atoms with Crippen LogP contribution in [0.15, 0.2) is 30.3 Å². The van der Waals surface area contributed by atoms with E-state index in [9.17, 15) is 14.4 Å². The van der Waals surface area contributed by atoms with Crippen molar-refractivity contribution in [2.45, 2.75) is 25.7 Å². The first-order valence-corrected chi connectivity index (χ1v) is 7.43. The summed E-state index contributed by atoms with van der Waals surface area (Å²) in [5.74, 6) is -1.49. The van der Waals surface area contributed by atoms with Crippen LogP contribution >= 0.6 is 0 Å². The second-order valence-electron chi connectivity index (χ2n) is 5.34. The lowest BCUT2D eigenvalue weighted by Crippen LogP contribution is -2.44. The van der Waals surface area contributed by atoms with Crippen molar-refractivity contribution >= 4 is 23.5 Å². The number of hydrogen-bond acceptors (Lipinski definition) is 3. The van der Waals surface area contributed by atoms with Gasteiger partial charge >= 0.3 is 5.97 Å². The number of carbonyl (C=O) groups excluding carboxylic acids is 2. The summed E-state index contributed by atoms with van der Waals surface area (Å²) in [6, 6.07) is 8.66. The summed E-state index contributed by atoms with van der Waals surface area (Å²) in [6.07, 6.45) is 3.16. The molecule has 1 saturated heterocycles. The number of nitrogens with zero attached hydrogens (tertiary/aromatic N) is 2. The fraction of sp³-hybridized carbons (Fsp3) is 0.438. The number of para-hydroxylation sites is 1. The molecule has 0 bridgehead atoms. The summed E-state index contributed by atoms with van der Waals surface area (Å²) < 4.78 is 0. The Hall–Kier alpha value is -2.37. The van der Waals surface area contributed by atoms with Gasteiger partial charge in [0.15, 0.2) is 0 Å². The zero-order valence-corrected chi connectivity index (χ0v) is 12.4. The normalized spacial score (nSPS) is 15.3. The van der Waals surface area contributed by atoms with Crippen LogP contribution < -0.4 is 4.90 Å². The smallest absolute Gasteiger partial charge is 0.323 e. The first-order chi connectivity index (χ1) is 10.6. The fourth-order valence-electron chi connectivity index (χ4n) is 2.52. The minimum Gasteiger partial charge on any atom is -0.480 e. The maximum absolute atomic E-state index is 12.5. The molecule has 1 aliphatic heterocycles. The molecule has 1 N–H and O–H groups in total. The van der Waals surface area contributed by atoms with Crippen molar-refractivity contribution in [1.82, 2.24) is 4.90 Å². The third-order valence-electron chi connectivity index (χ3n) is 3.66. The summed E-state index contributed by atoms with van der Waals surface area (Å²) in [7, 11) is 0. The Morgan fingerprint density at radius 2 is 1.86 bits per heavy atom. The first-order valence-electron chi connectivity index (χ1n) is 7.43. The van der Waals surface area contributed by atoms with Crippen molar-refractivity contribution in [3.63, 3.8) is 0 Å². The molecule has 0 radical (unpaired) electrons. The van der Waals surface area contributed by atoms with Gasteiger partial charge in [0.2, 0.25) is 11.8 Å². The van der Waals surface area contributed by atoms with E-state index < -0.39 is 12.5 Å². The van der Waals surface area contributed by atoms with Gasteiger partial charge in [-0.3, -0.25) is 19.3 Å². The third-order valence-corrected chi connectivity index (χ3v) is 3.66. The number of carbonyl (C=O) groups is 3. The van der Waals surface area contributed by atoms with Crippen LogP contribution in [-0.4, -0.2) is 47.4 Å². The van der Waals surface area contributed by atoms with E-state index in [0.29, 0.717) is 18.7 Å². The van der Waals surface area contributed by atoms with Gasteiger partial charge < -0.3 is 10.0 Å². The molecule has 0 aliphatic carbocycles. The molecule has 1 fully saturated rings. The predicted molar refractivity (Wildman–Crippen MR) is 81.5 cm³/mol. The molecular formula is C16H20N2O4. The summed E-state index contributed by atoms with van der Waals surface area (Å²) in [5, 5.41) is 9.02. The average Bonchev–Trinajstić information content (AvgIpc) is 2.70. The van der Waals surface area contributed by atoms with Gasteiger partial charge in [-0.1, -0.05) is 24.6 Å². The van der Waals surface area contributed by atoms with Crippen LogP contribution in [0.25, 0.3) is 0 Å². The molecule has 118 valence electrons. The van der Waals surface area contributed by atoms with Crippen LogP contribution in [0, 0.1) is 0 Å². The highest BCUT2D eigenvalue weighted by molar-refractivity contribution is 5.99. The zero-order valence-electron chi connectivity index (χ0n) is 12.4. The number of carboxylic acids is 1. The Morgan fingerprint density at radius 1 is 1.14 bits per heavy atom. The van der Waals surface area contributed by atoms with E-state index in [1.807, 2.05) is 0 Å². The molecular weight excluding hydrogens is 284 g/mol. The van der Waals surface area contributed by atoms with E-state index in [1.54, 1.807) is 30.3 Å². The summed E-state index contributed by atoms with van der Waals surface area (Å²) in [6.45, 7) is 0.0756. The van der Waals surface area contributed by atoms with Gasteiger partial charge in [-0.2, -0.15) is 0 Å². The molecule has 1 aromatic rings. The number of rotatable bonds is 5. The topological polar surface area (TPSA) is 77.9 Å². The Morgan fingerprint density at radius 3 is 2.55 bits per heavy atom. The molecule has 6 nitrogen and oxygen atoms in total. The SMILES string of the molecule is O=C(O)CN(C(=O)CN1CCCCCC1=O)c1ccccc1. The van der Waals surface area contributed by atoms with Crippen LogP contribution in [0.3, 0.4) is 0 Å². The van der Waals surface area contributed by atoms with E-state index >= 15 is 0 Å². The van der Waals surface area contributed by atoms with Crippen LogP contribution in [0.4, 0.5) is 5.69 Å². The van der Waals surface area contributed by atoms with Crippen molar-refractivity contribution in [2.75, 3.05) is 24.5 Å². The van der Waals surface area contributed by atoms with E-state index in [-0.39, 0.29) is 18.4 Å². The maximum Gasteiger partial charge on any atom is 0.323 e. The molecule has 1 heterocycles. The molecule has 2 amide bonds. The molecule has 1 aromatic carbocycles. The van der Waals surface area contributed by atoms with Crippen molar-refractivity contribution in [2.24, 2.45) is 0 Å². The number of carboxylic acid groups (broad SMARTS) is 1. The summed E-state index contributed by atoms with van der Waals surface area (Å²) in [5.41, 5.74) is 0.525. The fourth-order valence-corrected chi connectivity index (χ4v) is 2.52. The standard InChI is InChI=1S/C16H20N2O4/c19-14-9-5-2-6-10-17(14)11-15(20)18(12-16(21)22)13-7-3-1-4-8-13/h1,3-4,7-8H,2,5-6,9-12H2,(H,21,22). The van der Waals surface area contributed by atoms with Gasteiger partial charge in [0, 0.05) is 18.7 Å². The molecule has 0 atom stereocenters. The van der Waals surface area contributed by atoms with Crippen LogP contribution in [-0.2, 0) is 14.4 Å². The lowest BCUT2D eigenvalue weighted by Gasteiger charge is -2.26. The predicted octanol–water partition coefficient (Wildman–Crippen LogP) is 1.51. The Bertz CT molecular complexity index is 544. The van der Waals surface area contributed by atoms with Gasteiger partial charge in [0.25, 0.3) is 0 Å². The molecule has 0 aromatic heterocycles. The molecule has 0 spiro atoms. The molecule has 2 rings (SSSR count). The van der Waals surface area contributed by atoms with E-state index in [0.717, 1.165) is 19.3 Å². The molecule has 0 unspecified atom stereocenters. The average molecular weight is 304 g/mol. The van der Waals surface area contributed by atoms with Crippen LogP contribution in [0.1, 0.15) is 25.7 Å². The highest BCUT2D eigenvalue weighted by atomic mass is 16.4. The van der Waals surface area contributed by atoms with E-state index in [4.69, 9.17) is 5.11 Å². The van der Waals surface area contributed by atoms with Crippen molar-refractivity contribution in [3.8, 4) is 0 Å². The first kappa shape index (κ1) is 16.0. The second-order valence-corrected chi connectivity index (χ2v) is 5.34. The largest absolute Gasteiger partial charge is 0.480 e. The number of benzene rings is 1. The van der Waals surface area contributed by atoms with Gasteiger partial charge in [-0.05, 0) is 25.0 Å². The Labute approximate surface area is 129 Å². The van der Waals surface area contributed by atoms with Crippen molar-refractivity contribution < 1.29 is 19.5 Å². The molecule has 6 heteroatoms. The monoisotopic (exact) mass is 304 g/mol. The summed E-state index contributed by atoms with van der Waals surface area (Å²) >= 11 is 0. The minimum atomic E-state index is -1.08. The third kappa shape index (κ3) is 4.31. The van der Waals surface area contributed by atoms with E-state index in [2.05, 4.69) is 0 Å². The number of anilines is 1. The van der Waals surface area contributed by atoms with Crippen molar-refractivity contribution in [1.29, 1.82) is 0 Å². The number of aliphatic carboxylic acids is 1. The molecule has 1 aliphatic rings. The van der Waals surface area contributed by atoms with Gasteiger partial charge in [-0.25, -0.2) is 0 Å². The lowest BCUT2D eigenvalue weighted by atomic mass is 10.2. The highest BCUT2D eigenvalue weighted by Crippen LogP contribution is 2.15. The zero-order chi connectivity index (χ0) is 15.9. The number of hydrogen-bond donors (Lipinski definition) is 1. The number of amides is 2. The van der Waals surface area contributed by atoms with Crippen molar-refractivity contribution in [3.05, 3.63) is 30.3 Å². The maximum atomic E-state index is 12.5. The second kappa shape index (κ2) is 7.59. The quantitative estimate of drug-likeness (QED) is 0.894. The van der Waals surface area contributed by atoms with Gasteiger partial charge in [0.05, 0.1) is 0 Å². The van der Waals surface area contributed by atoms with Crippen LogP contribution in [0.2, 0.25) is 0 Å². The van der Waals surface area contributed by atoms with E-state index in [1.165, 1.54) is 9.80 Å². The molecule has 0 saturated carbocycles. The molecule has 22 heavy (non-hydrogen) atoms. The van der Waals surface area contributed by atoms with Gasteiger partial charge in [0.1, 0.15) is 13.1 Å². The highest BCUT2D eigenvalue weighted by Gasteiger charge is 2.24. The number of likely N-dealkylation sites (tertiary alicyclic amines) is 1.